The molecule has 3 heterocycles. The minimum Gasteiger partial charge on any atom is -0.353 e. The van der Waals surface area contributed by atoms with Gasteiger partial charge in [0.2, 0.25) is 0 Å². The Hall–Kier alpha value is -3.19. The normalized spacial score (nSPS) is 14.0. The third-order valence-corrected chi connectivity index (χ3v) is 6.33. The number of thiophene rings is 1. The number of pyridine rings is 1. The van der Waals surface area contributed by atoms with Crippen LogP contribution in [0, 0.1) is 0 Å². The van der Waals surface area contributed by atoms with Crippen molar-refractivity contribution in [3.63, 3.8) is 0 Å². The van der Waals surface area contributed by atoms with Crippen molar-refractivity contribution in [1.82, 2.24) is 9.88 Å². The van der Waals surface area contributed by atoms with Crippen LogP contribution >= 0.6 is 11.3 Å². The molecule has 2 amide bonds. The van der Waals surface area contributed by atoms with Gasteiger partial charge in [-0.3, -0.25) is 9.59 Å². The smallest absolute Gasteiger partial charge is 0.256 e. The zero-order valence-corrected chi connectivity index (χ0v) is 18.6. The predicted octanol–water partition coefficient (Wildman–Crippen LogP) is 4.48. The lowest BCUT2D eigenvalue weighted by Gasteiger charge is -2.35. The van der Waals surface area contributed by atoms with Gasteiger partial charge in [0.25, 0.3) is 11.8 Å². The number of benzene rings is 1. The molecule has 31 heavy (non-hydrogen) atoms. The quantitative estimate of drug-likeness (QED) is 0.643. The van der Waals surface area contributed by atoms with Gasteiger partial charge in [0, 0.05) is 37.9 Å². The lowest BCUT2D eigenvalue weighted by atomic mass is 10.0. The molecule has 0 spiro atoms. The number of rotatable bonds is 5. The summed E-state index contributed by atoms with van der Waals surface area (Å²) in [6.07, 6.45) is 1.78. The molecule has 160 valence electrons. The highest BCUT2D eigenvalue weighted by atomic mass is 32.1. The molecule has 0 radical (unpaired) electrons. The third-order valence-electron chi connectivity index (χ3n) is 5.50. The number of amides is 2. The second-order valence-corrected chi connectivity index (χ2v) is 8.78. The van der Waals surface area contributed by atoms with Gasteiger partial charge in [0.15, 0.2) is 0 Å². The molecule has 1 aromatic carbocycles. The van der Waals surface area contributed by atoms with E-state index < -0.39 is 0 Å². The first-order chi connectivity index (χ1) is 15.0. The van der Waals surface area contributed by atoms with Gasteiger partial charge in [-0.2, -0.15) is 0 Å². The summed E-state index contributed by atoms with van der Waals surface area (Å²) in [7, 11) is 0. The van der Waals surface area contributed by atoms with Gasteiger partial charge >= 0.3 is 0 Å². The number of nitrogens with one attached hydrogen (secondary N) is 1. The van der Waals surface area contributed by atoms with Gasteiger partial charge < -0.3 is 15.1 Å². The molecule has 0 aliphatic carbocycles. The fraction of sp³-hybridized carbons (Fsp3) is 0.292. The van der Waals surface area contributed by atoms with Crippen molar-refractivity contribution < 1.29 is 9.59 Å². The second kappa shape index (κ2) is 9.31. The Labute approximate surface area is 186 Å². The lowest BCUT2D eigenvalue weighted by molar-refractivity contribution is 0.0748. The van der Waals surface area contributed by atoms with Gasteiger partial charge in [-0.1, -0.05) is 32.0 Å². The van der Waals surface area contributed by atoms with E-state index in [-0.39, 0.29) is 11.8 Å². The van der Waals surface area contributed by atoms with Crippen molar-refractivity contribution in [3.05, 3.63) is 76.8 Å². The van der Waals surface area contributed by atoms with Gasteiger partial charge in [-0.25, -0.2) is 4.98 Å². The molecule has 1 saturated heterocycles. The molecular formula is C24H26N4O2S. The van der Waals surface area contributed by atoms with Crippen LogP contribution < -0.4 is 10.2 Å². The molecule has 0 saturated carbocycles. The maximum atomic E-state index is 13.1. The lowest BCUT2D eigenvalue weighted by Crippen LogP contribution is -2.49. The Kier molecular flexibility index (Phi) is 6.32. The van der Waals surface area contributed by atoms with Crippen LogP contribution in [0.1, 0.15) is 46.0 Å². The summed E-state index contributed by atoms with van der Waals surface area (Å²) in [6.45, 7) is 6.95. The molecule has 0 atom stereocenters. The van der Waals surface area contributed by atoms with Gasteiger partial charge in [0.05, 0.1) is 5.56 Å². The SMILES string of the molecule is CC(C)c1ccc(C(=O)Nc2sccc2C(=O)N2CCN(c3ccccn3)CC2)cc1. The number of anilines is 2. The summed E-state index contributed by atoms with van der Waals surface area (Å²) in [5.41, 5.74) is 2.32. The van der Waals surface area contributed by atoms with Gasteiger partial charge in [0.1, 0.15) is 10.8 Å². The number of carbonyl (C=O) groups is 2. The number of piperazine rings is 1. The van der Waals surface area contributed by atoms with E-state index in [9.17, 15) is 9.59 Å². The minimum atomic E-state index is -0.202. The van der Waals surface area contributed by atoms with Crippen LogP contribution in [0.4, 0.5) is 10.8 Å². The molecule has 4 rings (SSSR count). The predicted molar refractivity (Wildman–Crippen MR) is 125 cm³/mol. The van der Waals surface area contributed by atoms with E-state index in [1.807, 2.05) is 52.7 Å². The maximum absolute atomic E-state index is 13.1. The van der Waals surface area contributed by atoms with Crippen LogP contribution in [0.25, 0.3) is 0 Å². The summed E-state index contributed by atoms with van der Waals surface area (Å²) in [5.74, 6) is 1.09. The molecular weight excluding hydrogens is 408 g/mol. The molecule has 6 nitrogen and oxygen atoms in total. The van der Waals surface area contributed by atoms with Crippen molar-refractivity contribution in [1.29, 1.82) is 0 Å². The van der Waals surface area contributed by atoms with Crippen molar-refractivity contribution in [2.45, 2.75) is 19.8 Å². The molecule has 1 aliphatic rings. The first-order valence-corrected chi connectivity index (χ1v) is 11.3. The van der Waals surface area contributed by atoms with Crippen molar-refractivity contribution >= 4 is 34.0 Å². The average molecular weight is 435 g/mol. The average Bonchev–Trinajstić information content (AvgIpc) is 3.27. The highest BCUT2D eigenvalue weighted by Gasteiger charge is 2.25. The highest BCUT2D eigenvalue weighted by Crippen LogP contribution is 2.26. The first kappa shape index (κ1) is 21.1. The van der Waals surface area contributed by atoms with E-state index in [4.69, 9.17) is 0 Å². The van der Waals surface area contributed by atoms with Gasteiger partial charge in [-0.05, 0) is 47.2 Å². The van der Waals surface area contributed by atoms with E-state index in [2.05, 4.69) is 29.0 Å². The molecule has 7 heteroatoms. The Morgan fingerprint density at radius 1 is 1.00 bits per heavy atom. The summed E-state index contributed by atoms with van der Waals surface area (Å²) >= 11 is 1.37. The fourth-order valence-corrected chi connectivity index (χ4v) is 4.39. The first-order valence-electron chi connectivity index (χ1n) is 10.5. The topological polar surface area (TPSA) is 65.5 Å². The molecule has 3 aromatic rings. The summed E-state index contributed by atoms with van der Waals surface area (Å²) < 4.78 is 0. The molecule has 0 bridgehead atoms. The number of aromatic nitrogens is 1. The second-order valence-electron chi connectivity index (χ2n) is 7.86. The van der Waals surface area contributed by atoms with E-state index in [0.29, 0.717) is 35.1 Å². The van der Waals surface area contributed by atoms with Crippen LogP contribution in [0.2, 0.25) is 0 Å². The van der Waals surface area contributed by atoms with E-state index >= 15 is 0 Å². The van der Waals surface area contributed by atoms with Crippen LogP contribution in [-0.2, 0) is 0 Å². The van der Waals surface area contributed by atoms with E-state index in [1.165, 1.54) is 16.9 Å². The monoisotopic (exact) mass is 434 g/mol. The maximum Gasteiger partial charge on any atom is 0.256 e. The van der Waals surface area contributed by atoms with Crippen LogP contribution in [0.5, 0.6) is 0 Å². The summed E-state index contributed by atoms with van der Waals surface area (Å²) in [5, 5.41) is 5.36. The van der Waals surface area contributed by atoms with Crippen molar-refractivity contribution in [3.8, 4) is 0 Å². The molecule has 1 aliphatic heterocycles. The zero-order chi connectivity index (χ0) is 21.8. The Morgan fingerprint density at radius 3 is 2.39 bits per heavy atom. The molecule has 2 aromatic heterocycles. The van der Waals surface area contributed by atoms with E-state index in [0.717, 1.165) is 18.9 Å². The highest BCUT2D eigenvalue weighted by molar-refractivity contribution is 7.14. The van der Waals surface area contributed by atoms with E-state index in [1.54, 1.807) is 12.3 Å². The fourth-order valence-electron chi connectivity index (χ4n) is 3.62. The Morgan fingerprint density at radius 2 is 1.74 bits per heavy atom. The zero-order valence-electron chi connectivity index (χ0n) is 17.7. The van der Waals surface area contributed by atoms with Crippen LogP contribution in [0.3, 0.4) is 0 Å². The Bertz CT molecular complexity index is 1040. The Balaban J connectivity index is 1.40. The number of hydrogen-bond donors (Lipinski definition) is 1. The molecule has 1 N–H and O–H groups in total. The van der Waals surface area contributed by atoms with Crippen molar-refractivity contribution in [2.24, 2.45) is 0 Å². The minimum absolute atomic E-state index is 0.0487. The van der Waals surface area contributed by atoms with Gasteiger partial charge in [-0.15, -0.1) is 11.3 Å². The summed E-state index contributed by atoms with van der Waals surface area (Å²) in [6, 6.07) is 15.2. The third kappa shape index (κ3) is 4.77. The molecule has 0 unspecified atom stereocenters. The summed E-state index contributed by atoms with van der Waals surface area (Å²) in [4.78, 5) is 34.2. The number of nitrogens with zero attached hydrogens (tertiary/aromatic N) is 3. The van der Waals surface area contributed by atoms with Crippen LogP contribution in [0.15, 0.2) is 60.1 Å². The molecule has 1 fully saturated rings. The largest absolute Gasteiger partial charge is 0.353 e. The number of hydrogen-bond acceptors (Lipinski definition) is 5. The van der Waals surface area contributed by atoms with Crippen LogP contribution in [-0.4, -0.2) is 47.9 Å². The number of carbonyl (C=O) groups excluding carboxylic acids is 2. The van der Waals surface area contributed by atoms with Crippen molar-refractivity contribution in [2.75, 3.05) is 36.4 Å². The standard InChI is InChI=1S/C24H26N4O2S/c1-17(2)18-6-8-19(9-7-18)22(29)26-23-20(10-16-31-23)24(30)28-14-12-27(13-15-28)21-5-3-4-11-25-21/h3-11,16-17H,12-15H2,1-2H3,(H,26,29).